The average molecular weight is 303 g/mol. The summed E-state index contributed by atoms with van der Waals surface area (Å²) >= 11 is 0. The molecule has 1 N–H and O–H groups in total. The molecule has 0 amide bonds. The zero-order valence-corrected chi connectivity index (χ0v) is 12.5. The third-order valence-corrected chi connectivity index (χ3v) is 3.45. The van der Waals surface area contributed by atoms with Crippen molar-refractivity contribution < 1.29 is 9.31 Å². The predicted molar refractivity (Wildman–Crippen MR) is 84.4 cm³/mol. The van der Waals surface area contributed by atoms with Gasteiger partial charge in [-0.3, -0.25) is 10.1 Å². The molecule has 1 atom stereocenters. The van der Waals surface area contributed by atoms with Crippen LogP contribution in [-0.2, 0) is 0 Å². The third kappa shape index (κ3) is 3.79. The number of nitrogens with one attached hydrogen (secondary N) is 1. The molecule has 0 spiro atoms. The maximum absolute atomic E-state index is 13.3. The maximum atomic E-state index is 13.3. The van der Waals surface area contributed by atoms with Crippen molar-refractivity contribution in [2.75, 3.05) is 26.0 Å². The fourth-order valence-corrected chi connectivity index (χ4v) is 2.29. The Morgan fingerprint density at radius 2 is 1.91 bits per heavy atom. The summed E-state index contributed by atoms with van der Waals surface area (Å²) in [5, 5.41) is 14.0. The summed E-state index contributed by atoms with van der Waals surface area (Å²) in [4.78, 5) is 12.5. The summed E-state index contributed by atoms with van der Waals surface area (Å²) in [5.41, 5.74) is 1.14. The molecule has 0 saturated carbocycles. The van der Waals surface area contributed by atoms with Crippen LogP contribution in [0, 0.1) is 15.9 Å². The van der Waals surface area contributed by atoms with Gasteiger partial charge < -0.3 is 10.2 Å². The number of halogens is 1. The molecule has 0 fully saturated rings. The van der Waals surface area contributed by atoms with Crippen molar-refractivity contribution in [1.29, 1.82) is 0 Å². The van der Waals surface area contributed by atoms with Crippen LogP contribution in [0.15, 0.2) is 48.5 Å². The summed E-state index contributed by atoms with van der Waals surface area (Å²) in [6.45, 7) is 0.432. The van der Waals surface area contributed by atoms with E-state index in [4.69, 9.17) is 0 Å². The van der Waals surface area contributed by atoms with Crippen molar-refractivity contribution in [3.8, 4) is 0 Å². The zero-order chi connectivity index (χ0) is 16.1. The molecule has 116 valence electrons. The molecular formula is C16H18FN3O2. The molecule has 5 nitrogen and oxygen atoms in total. The monoisotopic (exact) mass is 303 g/mol. The second kappa shape index (κ2) is 7.00. The predicted octanol–water partition coefficient (Wildman–Crippen LogP) is 3.45. The Kier molecular flexibility index (Phi) is 5.06. The van der Waals surface area contributed by atoms with E-state index < -0.39 is 10.7 Å². The van der Waals surface area contributed by atoms with Crippen molar-refractivity contribution in [3.63, 3.8) is 0 Å². The van der Waals surface area contributed by atoms with Crippen molar-refractivity contribution in [2.24, 2.45) is 0 Å². The Labute approximate surface area is 128 Å². The van der Waals surface area contributed by atoms with Gasteiger partial charge in [-0.05, 0) is 25.7 Å². The van der Waals surface area contributed by atoms with Gasteiger partial charge in [0.1, 0.15) is 11.5 Å². The SMILES string of the molecule is CN(C)C(CNc1cc(F)ccc1[N+](=O)[O-])c1ccccc1. The lowest BCUT2D eigenvalue weighted by molar-refractivity contribution is -0.384. The van der Waals surface area contributed by atoms with E-state index in [9.17, 15) is 14.5 Å². The van der Waals surface area contributed by atoms with Gasteiger partial charge in [-0.2, -0.15) is 0 Å². The molecule has 1 unspecified atom stereocenters. The average Bonchev–Trinajstić information content (AvgIpc) is 2.48. The fraction of sp³-hybridized carbons (Fsp3) is 0.250. The summed E-state index contributed by atoms with van der Waals surface area (Å²) in [5.74, 6) is -0.505. The molecule has 2 aromatic rings. The standard InChI is InChI=1S/C16H18FN3O2/c1-19(2)16(12-6-4-3-5-7-12)11-18-14-10-13(17)8-9-15(14)20(21)22/h3-10,16,18H,11H2,1-2H3. The summed E-state index contributed by atoms with van der Waals surface area (Å²) < 4.78 is 13.3. The van der Waals surface area contributed by atoms with E-state index >= 15 is 0 Å². The second-order valence-corrected chi connectivity index (χ2v) is 5.19. The van der Waals surface area contributed by atoms with Crippen molar-refractivity contribution in [1.82, 2.24) is 4.90 Å². The molecule has 0 radical (unpaired) electrons. The number of benzene rings is 2. The van der Waals surface area contributed by atoms with Gasteiger partial charge >= 0.3 is 0 Å². The molecule has 0 aromatic heterocycles. The molecule has 2 aromatic carbocycles. The van der Waals surface area contributed by atoms with Crippen LogP contribution in [0.4, 0.5) is 15.8 Å². The number of anilines is 1. The number of rotatable bonds is 6. The maximum Gasteiger partial charge on any atom is 0.292 e. The lowest BCUT2D eigenvalue weighted by Gasteiger charge is -2.25. The van der Waals surface area contributed by atoms with Crippen LogP contribution >= 0.6 is 0 Å². The summed E-state index contributed by atoms with van der Waals surface area (Å²) in [6, 6.07) is 13.2. The molecule has 22 heavy (non-hydrogen) atoms. The first-order chi connectivity index (χ1) is 10.5. The lowest BCUT2D eigenvalue weighted by Crippen LogP contribution is -2.27. The quantitative estimate of drug-likeness (QED) is 0.656. The molecule has 0 saturated heterocycles. The minimum absolute atomic E-state index is 0.0177. The molecule has 0 aliphatic rings. The van der Waals surface area contributed by atoms with Crippen LogP contribution < -0.4 is 5.32 Å². The van der Waals surface area contributed by atoms with Crippen LogP contribution in [0.3, 0.4) is 0 Å². The smallest absolute Gasteiger partial charge is 0.292 e. The number of hydrogen-bond donors (Lipinski definition) is 1. The lowest BCUT2D eigenvalue weighted by atomic mass is 10.1. The van der Waals surface area contributed by atoms with Crippen LogP contribution in [0.1, 0.15) is 11.6 Å². The second-order valence-electron chi connectivity index (χ2n) is 5.19. The van der Waals surface area contributed by atoms with E-state index in [0.717, 1.165) is 17.7 Å². The van der Waals surface area contributed by atoms with Gasteiger partial charge in [0.15, 0.2) is 0 Å². The Hall–Kier alpha value is -2.47. The van der Waals surface area contributed by atoms with Crippen LogP contribution in [0.5, 0.6) is 0 Å². The first-order valence-electron chi connectivity index (χ1n) is 6.88. The fourth-order valence-electron chi connectivity index (χ4n) is 2.29. The van der Waals surface area contributed by atoms with E-state index in [1.807, 2.05) is 49.3 Å². The Morgan fingerprint density at radius 1 is 1.23 bits per heavy atom. The normalized spacial score (nSPS) is 12.2. The van der Waals surface area contributed by atoms with Gasteiger partial charge in [0, 0.05) is 18.7 Å². The number of nitro benzene ring substituents is 1. The largest absolute Gasteiger partial charge is 0.377 e. The number of nitrogens with zero attached hydrogens (tertiary/aromatic N) is 2. The first kappa shape index (κ1) is 15.9. The van der Waals surface area contributed by atoms with Crippen LogP contribution in [0.25, 0.3) is 0 Å². The zero-order valence-electron chi connectivity index (χ0n) is 12.5. The van der Waals surface area contributed by atoms with Gasteiger partial charge in [-0.25, -0.2) is 4.39 Å². The van der Waals surface area contributed by atoms with E-state index in [-0.39, 0.29) is 17.4 Å². The van der Waals surface area contributed by atoms with Crippen molar-refractivity contribution in [2.45, 2.75) is 6.04 Å². The van der Waals surface area contributed by atoms with Gasteiger partial charge in [0.2, 0.25) is 0 Å². The molecule has 0 aliphatic carbocycles. The molecule has 0 heterocycles. The van der Waals surface area contributed by atoms with Gasteiger partial charge in [0.25, 0.3) is 5.69 Å². The van der Waals surface area contributed by atoms with Crippen LogP contribution in [0.2, 0.25) is 0 Å². The van der Waals surface area contributed by atoms with Gasteiger partial charge in [-0.15, -0.1) is 0 Å². The summed E-state index contributed by atoms with van der Waals surface area (Å²) in [7, 11) is 3.86. The van der Waals surface area contributed by atoms with Crippen molar-refractivity contribution >= 4 is 11.4 Å². The molecule has 0 aliphatic heterocycles. The van der Waals surface area contributed by atoms with E-state index in [1.54, 1.807) is 0 Å². The van der Waals surface area contributed by atoms with E-state index in [0.29, 0.717) is 6.54 Å². The Bertz CT molecular complexity index is 647. The number of hydrogen-bond acceptors (Lipinski definition) is 4. The van der Waals surface area contributed by atoms with Crippen LogP contribution in [-0.4, -0.2) is 30.5 Å². The molecular weight excluding hydrogens is 285 g/mol. The third-order valence-electron chi connectivity index (χ3n) is 3.45. The summed E-state index contributed by atoms with van der Waals surface area (Å²) in [6.07, 6.45) is 0. The van der Waals surface area contributed by atoms with Gasteiger partial charge in [-0.1, -0.05) is 30.3 Å². The Balaban J connectivity index is 2.20. The number of likely N-dealkylation sites (N-methyl/N-ethyl adjacent to an activating group) is 1. The van der Waals surface area contributed by atoms with Gasteiger partial charge in [0.05, 0.1) is 11.0 Å². The first-order valence-corrected chi connectivity index (χ1v) is 6.88. The topological polar surface area (TPSA) is 58.4 Å². The highest BCUT2D eigenvalue weighted by Crippen LogP contribution is 2.26. The van der Waals surface area contributed by atoms with E-state index in [1.165, 1.54) is 6.07 Å². The molecule has 6 heteroatoms. The van der Waals surface area contributed by atoms with E-state index in [2.05, 4.69) is 5.32 Å². The molecule has 2 rings (SSSR count). The highest BCUT2D eigenvalue weighted by molar-refractivity contribution is 5.61. The minimum Gasteiger partial charge on any atom is -0.377 e. The number of nitro groups is 1. The Morgan fingerprint density at radius 3 is 2.50 bits per heavy atom. The highest BCUT2D eigenvalue weighted by atomic mass is 19.1. The minimum atomic E-state index is -0.519. The van der Waals surface area contributed by atoms with Crippen molar-refractivity contribution in [3.05, 3.63) is 70.0 Å². The molecule has 0 bridgehead atoms. The highest BCUT2D eigenvalue weighted by Gasteiger charge is 2.18.